The Bertz CT molecular complexity index is 168. The van der Waals surface area contributed by atoms with Crippen LogP contribution in [-0.4, -0.2) is 36.7 Å². The van der Waals surface area contributed by atoms with Crippen LogP contribution in [0.2, 0.25) is 0 Å². The van der Waals surface area contributed by atoms with Gasteiger partial charge in [-0.25, -0.2) is 4.39 Å². The van der Waals surface area contributed by atoms with E-state index in [9.17, 15) is 4.39 Å². The number of piperidine rings is 1. The molecule has 1 aliphatic heterocycles. The predicted molar refractivity (Wildman–Crippen MR) is 51.3 cm³/mol. The van der Waals surface area contributed by atoms with Gasteiger partial charge in [0.2, 0.25) is 0 Å². The van der Waals surface area contributed by atoms with Gasteiger partial charge in [-0.3, -0.25) is 0 Å². The van der Waals surface area contributed by atoms with Crippen molar-refractivity contribution in [1.82, 2.24) is 4.90 Å². The van der Waals surface area contributed by atoms with Gasteiger partial charge in [0.1, 0.15) is 6.17 Å². The van der Waals surface area contributed by atoms with Crippen molar-refractivity contribution < 1.29 is 4.39 Å². The fourth-order valence-corrected chi connectivity index (χ4v) is 2.47. The van der Waals surface area contributed by atoms with Gasteiger partial charge in [-0.15, -0.1) is 0 Å². The third-order valence-electron chi connectivity index (χ3n) is 3.24. The van der Waals surface area contributed by atoms with Crippen LogP contribution in [0.5, 0.6) is 0 Å². The van der Waals surface area contributed by atoms with Gasteiger partial charge in [-0.1, -0.05) is 0 Å². The number of nitrogens with two attached hydrogens (primary N) is 1. The highest BCUT2D eigenvalue weighted by molar-refractivity contribution is 4.85. The molecule has 2 rings (SSSR count). The first-order chi connectivity index (χ1) is 6.24. The molecular formula is C10H19FN2. The second kappa shape index (κ2) is 3.93. The highest BCUT2D eigenvalue weighted by atomic mass is 19.1. The molecule has 0 unspecified atom stereocenters. The van der Waals surface area contributed by atoms with Crippen LogP contribution in [0, 0.1) is 5.92 Å². The summed E-state index contributed by atoms with van der Waals surface area (Å²) < 4.78 is 13.0. The first-order valence-electron chi connectivity index (χ1n) is 5.36. The molecule has 1 heterocycles. The molecule has 13 heavy (non-hydrogen) atoms. The van der Waals surface area contributed by atoms with Crippen LogP contribution < -0.4 is 5.73 Å². The Kier molecular flexibility index (Phi) is 2.84. The first-order valence-corrected chi connectivity index (χ1v) is 5.36. The van der Waals surface area contributed by atoms with E-state index >= 15 is 0 Å². The third-order valence-corrected chi connectivity index (χ3v) is 3.24. The number of halogens is 1. The molecule has 0 aromatic rings. The van der Waals surface area contributed by atoms with Gasteiger partial charge >= 0.3 is 0 Å². The lowest BCUT2D eigenvalue weighted by Crippen LogP contribution is -2.46. The smallest absolute Gasteiger partial charge is 0.113 e. The van der Waals surface area contributed by atoms with Crippen molar-refractivity contribution in [1.29, 1.82) is 0 Å². The number of hydrogen-bond acceptors (Lipinski definition) is 2. The maximum absolute atomic E-state index is 13.0. The van der Waals surface area contributed by atoms with Crippen molar-refractivity contribution in [3.05, 3.63) is 0 Å². The summed E-state index contributed by atoms with van der Waals surface area (Å²) in [6.45, 7) is 2.83. The molecule has 0 aromatic heterocycles. The summed E-state index contributed by atoms with van der Waals surface area (Å²) in [5.74, 6) is 0.750. The van der Waals surface area contributed by atoms with E-state index < -0.39 is 6.17 Å². The zero-order chi connectivity index (χ0) is 9.26. The lowest BCUT2D eigenvalue weighted by atomic mass is 9.80. The van der Waals surface area contributed by atoms with Crippen molar-refractivity contribution in [2.45, 2.75) is 37.9 Å². The van der Waals surface area contributed by atoms with Gasteiger partial charge in [-0.05, 0) is 38.1 Å². The quantitative estimate of drug-likeness (QED) is 0.701. The minimum atomic E-state index is -0.581. The number of rotatable bonds is 2. The maximum Gasteiger partial charge on any atom is 0.113 e. The van der Waals surface area contributed by atoms with Crippen LogP contribution in [0.15, 0.2) is 0 Å². The Hall–Kier alpha value is -0.150. The van der Waals surface area contributed by atoms with Crippen molar-refractivity contribution in [3.63, 3.8) is 0 Å². The minimum Gasteiger partial charge on any atom is -0.328 e. The second-order valence-electron chi connectivity index (χ2n) is 4.60. The third kappa shape index (κ3) is 2.41. The lowest BCUT2D eigenvalue weighted by molar-refractivity contribution is 0.0965. The summed E-state index contributed by atoms with van der Waals surface area (Å²) in [7, 11) is 0. The average Bonchev–Trinajstić information content (AvgIpc) is 2.01. The monoisotopic (exact) mass is 186 g/mol. The molecule has 1 aliphatic carbocycles. The largest absolute Gasteiger partial charge is 0.328 e. The number of alkyl halides is 1. The summed E-state index contributed by atoms with van der Waals surface area (Å²) in [5.41, 5.74) is 5.71. The highest BCUT2D eigenvalue weighted by Crippen LogP contribution is 2.27. The second-order valence-corrected chi connectivity index (χ2v) is 4.60. The predicted octanol–water partition coefficient (Wildman–Crippen LogP) is 1.16. The van der Waals surface area contributed by atoms with E-state index in [1.807, 2.05) is 0 Å². The number of likely N-dealkylation sites (tertiary alicyclic amines) is 1. The molecular weight excluding hydrogens is 167 g/mol. The van der Waals surface area contributed by atoms with Crippen LogP contribution in [0.1, 0.15) is 25.7 Å². The zero-order valence-electron chi connectivity index (χ0n) is 8.08. The maximum atomic E-state index is 13.0. The van der Waals surface area contributed by atoms with Crippen molar-refractivity contribution in [2.24, 2.45) is 11.7 Å². The Morgan fingerprint density at radius 2 is 2.15 bits per heavy atom. The fraction of sp³-hybridized carbons (Fsp3) is 1.00. The van der Waals surface area contributed by atoms with Gasteiger partial charge in [0.25, 0.3) is 0 Å². The summed E-state index contributed by atoms with van der Waals surface area (Å²) >= 11 is 0. The SMILES string of the molecule is NC1CC(CN2CCC[C@@H](F)C2)C1. The Labute approximate surface area is 79.3 Å². The summed E-state index contributed by atoms with van der Waals surface area (Å²) in [5, 5.41) is 0. The highest BCUT2D eigenvalue weighted by Gasteiger charge is 2.29. The standard InChI is InChI=1S/C10H19FN2/c11-9-2-1-3-13(7-9)6-8-4-10(12)5-8/h8-10H,1-7,12H2/t8?,9-,10?/m1/s1. The molecule has 1 atom stereocenters. The molecule has 0 aromatic carbocycles. The number of nitrogens with zero attached hydrogens (tertiary/aromatic N) is 1. The van der Waals surface area contributed by atoms with Gasteiger partial charge in [0.15, 0.2) is 0 Å². The van der Waals surface area contributed by atoms with E-state index in [1.54, 1.807) is 0 Å². The van der Waals surface area contributed by atoms with E-state index in [-0.39, 0.29) is 0 Å². The van der Waals surface area contributed by atoms with Gasteiger partial charge < -0.3 is 10.6 Å². The van der Waals surface area contributed by atoms with Crippen LogP contribution >= 0.6 is 0 Å². The van der Waals surface area contributed by atoms with Crippen LogP contribution in [0.3, 0.4) is 0 Å². The van der Waals surface area contributed by atoms with Crippen LogP contribution in [0.25, 0.3) is 0 Å². The van der Waals surface area contributed by atoms with Crippen molar-refractivity contribution >= 4 is 0 Å². The molecule has 2 fully saturated rings. The normalized spacial score (nSPS) is 41.5. The van der Waals surface area contributed by atoms with E-state index in [4.69, 9.17) is 5.73 Å². The van der Waals surface area contributed by atoms with Crippen molar-refractivity contribution in [3.8, 4) is 0 Å². The van der Waals surface area contributed by atoms with Gasteiger partial charge in [-0.2, -0.15) is 0 Å². The molecule has 76 valence electrons. The average molecular weight is 186 g/mol. The minimum absolute atomic E-state index is 0.427. The van der Waals surface area contributed by atoms with Crippen LogP contribution in [-0.2, 0) is 0 Å². The molecule has 1 saturated heterocycles. The molecule has 0 spiro atoms. The topological polar surface area (TPSA) is 29.3 Å². The van der Waals surface area contributed by atoms with E-state index in [1.165, 1.54) is 0 Å². The van der Waals surface area contributed by atoms with Gasteiger partial charge in [0, 0.05) is 19.1 Å². The Morgan fingerprint density at radius 3 is 2.77 bits per heavy atom. The summed E-state index contributed by atoms with van der Waals surface area (Å²) in [4.78, 5) is 2.27. The zero-order valence-corrected chi connectivity index (χ0v) is 8.08. The summed E-state index contributed by atoms with van der Waals surface area (Å²) in [6.07, 6.45) is 3.50. The van der Waals surface area contributed by atoms with Gasteiger partial charge in [0.05, 0.1) is 0 Å². The van der Waals surface area contributed by atoms with E-state index in [0.29, 0.717) is 12.6 Å². The Morgan fingerprint density at radius 1 is 1.38 bits per heavy atom. The fourth-order valence-electron chi connectivity index (χ4n) is 2.47. The molecule has 0 radical (unpaired) electrons. The van der Waals surface area contributed by atoms with E-state index in [0.717, 1.165) is 44.7 Å². The number of hydrogen-bond donors (Lipinski definition) is 1. The molecule has 2 aliphatic rings. The van der Waals surface area contributed by atoms with Crippen molar-refractivity contribution in [2.75, 3.05) is 19.6 Å². The molecule has 1 saturated carbocycles. The van der Waals surface area contributed by atoms with Crippen LogP contribution in [0.4, 0.5) is 4.39 Å². The molecule has 3 heteroatoms. The lowest BCUT2D eigenvalue weighted by Gasteiger charge is -2.38. The van der Waals surface area contributed by atoms with E-state index in [2.05, 4.69) is 4.90 Å². The molecule has 2 N–H and O–H groups in total. The summed E-state index contributed by atoms with van der Waals surface area (Å²) in [6, 6.07) is 0.427. The molecule has 2 nitrogen and oxygen atoms in total. The molecule has 0 bridgehead atoms. The molecule has 0 amide bonds. The first kappa shape index (κ1) is 9.41. The Balaban J connectivity index is 1.69.